The fourth-order valence-corrected chi connectivity index (χ4v) is 3.40. The van der Waals surface area contributed by atoms with Gasteiger partial charge in [-0.2, -0.15) is 0 Å². The minimum absolute atomic E-state index is 0.0190. The van der Waals surface area contributed by atoms with Crippen molar-refractivity contribution in [2.24, 2.45) is 5.92 Å². The molecule has 0 aromatic heterocycles. The van der Waals surface area contributed by atoms with Crippen LogP contribution in [-0.2, 0) is 4.79 Å². The summed E-state index contributed by atoms with van der Waals surface area (Å²) in [6.07, 6.45) is 3.67. The fraction of sp³-hybridized carbons (Fsp3) is 0.316. The molecule has 0 amide bonds. The number of aromatic hydroxyl groups is 1. The molecule has 0 heterocycles. The van der Waals surface area contributed by atoms with Gasteiger partial charge in [-0.15, -0.1) is 0 Å². The Morgan fingerprint density at radius 1 is 0.952 bits per heavy atom. The third-order valence-corrected chi connectivity index (χ3v) is 4.43. The number of phenols is 1. The molecule has 1 saturated carbocycles. The molecule has 0 spiro atoms. The first-order valence-electron chi connectivity index (χ1n) is 7.63. The minimum Gasteiger partial charge on any atom is -0.508 e. The summed E-state index contributed by atoms with van der Waals surface area (Å²) in [5.74, 6) is 0.553. The maximum Gasteiger partial charge on any atom is 0.136 e. The van der Waals surface area contributed by atoms with Crippen molar-refractivity contribution >= 4 is 5.78 Å². The van der Waals surface area contributed by atoms with Crippen molar-refractivity contribution in [3.8, 4) is 5.75 Å². The lowest BCUT2D eigenvalue weighted by atomic mass is 9.72. The van der Waals surface area contributed by atoms with Gasteiger partial charge < -0.3 is 5.11 Å². The van der Waals surface area contributed by atoms with Crippen molar-refractivity contribution in [3.63, 3.8) is 0 Å². The van der Waals surface area contributed by atoms with Crippen LogP contribution in [0.3, 0.4) is 0 Å². The number of Topliss-reactive ketones (excluding diaryl/α,β-unsaturated/α-hetero) is 1. The standard InChI is InChI=1S/C19H20O2/c20-17-12-6-4-10-15(17)19(14-8-2-1-3-9-14)16-11-5-7-13-18(16)21/h1-4,6,8-10,12,16,19-20H,5,7,11,13H2. The second-order valence-electron chi connectivity index (χ2n) is 5.77. The molecular formula is C19H20O2. The highest BCUT2D eigenvalue weighted by molar-refractivity contribution is 5.83. The highest BCUT2D eigenvalue weighted by Crippen LogP contribution is 2.41. The SMILES string of the molecule is O=C1CCCCC1C(c1ccccc1)c1ccccc1O. The van der Waals surface area contributed by atoms with Gasteiger partial charge in [0, 0.05) is 23.8 Å². The first kappa shape index (κ1) is 13.9. The van der Waals surface area contributed by atoms with Crippen LogP contribution in [-0.4, -0.2) is 10.9 Å². The van der Waals surface area contributed by atoms with Crippen LogP contribution >= 0.6 is 0 Å². The zero-order valence-corrected chi connectivity index (χ0v) is 12.0. The van der Waals surface area contributed by atoms with Crippen molar-refractivity contribution in [2.45, 2.75) is 31.6 Å². The number of phenolic OH excluding ortho intramolecular Hbond substituents is 1. The fourth-order valence-electron chi connectivity index (χ4n) is 3.40. The van der Waals surface area contributed by atoms with Gasteiger partial charge in [-0.1, -0.05) is 55.0 Å². The highest BCUT2D eigenvalue weighted by atomic mass is 16.3. The van der Waals surface area contributed by atoms with E-state index in [-0.39, 0.29) is 17.6 Å². The summed E-state index contributed by atoms with van der Waals surface area (Å²) < 4.78 is 0. The lowest BCUT2D eigenvalue weighted by molar-refractivity contribution is -0.125. The Morgan fingerprint density at radius 3 is 2.38 bits per heavy atom. The number of carbonyl (C=O) groups excluding carboxylic acids is 1. The van der Waals surface area contributed by atoms with Crippen molar-refractivity contribution in [1.29, 1.82) is 0 Å². The molecule has 1 fully saturated rings. The van der Waals surface area contributed by atoms with E-state index < -0.39 is 0 Å². The quantitative estimate of drug-likeness (QED) is 0.911. The zero-order valence-electron chi connectivity index (χ0n) is 12.0. The minimum atomic E-state index is -0.0415. The second kappa shape index (κ2) is 6.13. The summed E-state index contributed by atoms with van der Waals surface area (Å²) in [5.41, 5.74) is 1.98. The molecule has 0 saturated heterocycles. The van der Waals surface area contributed by atoms with E-state index in [0.29, 0.717) is 12.2 Å². The van der Waals surface area contributed by atoms with E-state index in [4.69, 9.17) is 0 Å². The molecule has 2 heteroatoms. The summed E-state index contributed by atoms with van der Waals surface area (Å²) >= 11 is 0. The van der Waals surface area contributed by atoms with E-state index in [1.54, 1.807) is 6.07 Å². The summed E-state index contributed by atoms with van der Waals surface area (Å²) in [7, 11) is 0. The van der Waals surface area contributed by atoms with Crippen LogP contribution in [0.1, 0.15) is 42.7 Å². The van der Waals surface area contributed by atoms with Crippen LogP contribution < -0.4 is 0 Å². The monoisotopic (exact) mass is 280 g/mol. The Labute approximate surface area is 125 Å². The molecule has 2 aromatic carbocycles. The Balaban J connectivity index is 2.07. The lowest BCUT2D eigenvalue weighted by Crippen LogP contribution is -2.26. The molecule has 108 valence electrons. The number of rotatable bonds is 3. The topological polar surface area (TPSA) is 37.3 Å². The molecule has 0 bridgehead atoms. The lowest BCUT2D eigenvalue weighted by Gasteiger charge is -2.30. The Morgan fingerprint density at radius 2 is 1.67 bits per heavy atom. The van der Waals surface area contributed by atoms with Crippen molar-refractivity contribution in [1.82, 2.24) is 0 Å². The van der Waals surface area contributed by atoms with Gasteiger partial charge in [0.2, 0.25) is 0 Å². The van der Waals surface area contributed by atoms with Crippen molar-refractivity contribution in [3.05, 3.63) is 65.7 Å². The molecule has 21 heavy (non-hydrogen) atoms. The number of carbonyl (C=O) groups is 1. The van der Waals surface area contributed by atoms with Crippen LogP contribution in [0.2, 0.25) is 0 Å². The molecule has 3 rings (SSSR count). The van der Waals surface area contributed by atoms with Gasteiger partial charge in [0.1, 0.15) is 11.5 Å². The molecular weight excluding hydrogens is 260 g/mol. The van der Waals surface area contributed by atoms with Gasteiger partial charge >= 0.3 is 0 Å². The number of para-hydroxylation sites is 1. The van der Waals surface area contributed by atoms with Crippen LogP contribution in [0.15, 0.2) is 54.6 Å². The van der Waals surface area contributed by atoms with E-state index in [1.807, 2.05) is 36.4 Å². The summed E-state index contributed by atoms with van der Waals surface area (Å²) in [6, 6.07) is 17.5. The van der Waals surface area contributed by atoms with E-state index in [9.17, 15) is 9.90 Å². The Kier molecular flexibility index (Phi) is 4.05. The van der Waals surface area contributed by atoms with E-state index >= 15 is 0 Å². The predicted octanol–water partition coefficient (Wildman–Crippen LogP) is 4.28. The normalized spacial score (nSPS) is 20.2. The zero-order chi connectivity index (χ0) is 14.7. The predicted molar refractivity (Wildman–Crippen MR) is 83.4 cm³/mol. The van der Waals surface area contributed by atoms with Gasteiger partial charge in [-0.05, 0) is 24.5 Å². The molecule has 0 radical (unpaired) electrons. The van der Waals surface area contributed by atoms with Crippen LogP contribution in [0, 0.1) is 5.92 Å². The molecule has 2 unspecified atom stereocenters. The van der Waals surface area contributed by atoms with Crippen LogP contribution in [0.5, 0.6) is 5.75 Å². The average molecular weight is 280 g/mol. The Hall–Kier alpha value is -2.09. The van der Waals surface area contributed by atoms with E-state index in [2.05, 4.69) is 12.1 Å². The van der Waals surface area contributed by atoms with Gasteiger partial charge in [-0.3, -0.25) is 4.79 Å². The Bertz CT molecular complexity index is 618. The van der Waals surface area contributed by atoms with Crippen LogP contribution in [0.4, 0.5) is 0 Å². The first-order valence-corrected chi connectivity index (χ1v) is 7.63. The molecule has 1 aliphatic carbocycles. The van der Waals surface area contributed by atoms with Gasteiger partial charge in [-0.25, -0.2) is 0 Å². The highest BCUT2D eigenvalue weighted by Gasteiger charge is 2.33. The third kappa shape index (κ3) is 2.85. The van der Waals surface area contributed by atoms with Gasteiger partial charge in [0.05, 0.1) is 0 Å². The van der Waals surface area contributed by atoms with Gasteiger partial charge in [0.25, 0.3) is 0 Å². The largest absolute Gasteiger partial charge is 0.508 e. The number of benzene rings is 2. The van der Waals surface area contributed by atoms with Gasteiger partial charge in [0.15, 0.2) is 0 Å². The molecule has 1 N–H and O–H groups in total. The average Bonchev–Trinajstić information content (AvgIpc) is 2.52. The molecule has 0 aliphatic heterocycles. The maximum absolute atomic E-state index is 12.4. The van der Waals surface area contributed by atoms with Crippen molar-refractivity contribution < 1.29 is 9.90 Å². The number of ketones is 1. The van der Waals surface area contributed by atoms with Crippen molar-refractivity contribution in [2.75, 3.05) is 0 Å². The summed E-state index contributed by atoms with van der Waals surface area (Å²) in [5, 5.41) is 10.2. The number of hydrogen-bond acceptors (Lipinski definition) is 2. The summed E-state index contributed by atoms with van der Waals surface area (Å²) in [6.45, 7) is 0. The number of hydrogen-bond donors (Lipinski definition) is 1. The maximum atomic E-state index is 12.4. The van der Waals surface area contributed by atoms with Crippen LogP contribution in [0.25, 0.3) is 0 Å². The summed E-state index contributed by atoms with van der Waals surface area (Å²) in [4.78, 5) is 12.4. The van der Waals surface area contributed by atoms with E-state index in [0.717, 1.165) is 30.4 Å². The van der Waals surface area contributed by atoms with E-state index in [1.165, 1.54) is 0 Å². The second-order valence-corrected chi connectivity index (χ2v) is 5.77. The smallest absolute Gasteiger partial charge is 0.136 e. The molecule has 2 nitrogen and oxygen atoms in total. The first-order chi connectivity index (χ1) is 10.3. The molecule has 2 atom stereocenters. The third-order valence-electron chi connectivity index (χ3n) is 4.43. The molecule has 1 aliphatic rings. The molecule has 2 aromatic rings.